The maximum atomic E-state index is 12.1. The number of nitrogens with zero attached hydrogens (tertiary/aromatic N) is 1. The summed E-state index contributed by atoms with van der Waals surface area (Å²) < 4.78 is 0. The highest BCUT2D eigenvalue weighted by Gasteiger charge is 2.15. The number of carbonyl (C=O) groups is 2. The van der Waals surface area contributed by atoms with Gasteiger partial charge in [-0.2, -0.15) is 0 Å². The van der Waals surface area contributed by atoms with E-state index >= 15 is 0 Å². The number of hydroxylamine groups is 2. The van der Waals surface area contributed by atoms with Crippen molar-refractivity contribution in [3.8, 4) is 0 Å². The first-order valence-electron chi connectivity index (χ1n) is 5.55. The van der Waals surface area contributed by atoms with Crippen LogP contribution in [0, 0.1) is 0 Å². The van der Waals surface area contributed by atoms with Gasteiger partial charge in [0.1, 0.15) is 0 Å². The molecule has 1 aromatic rings. The maximum absolute atomic E-state index is 12.1. The lowest BCUT2D eigenvalue weighted by Gasteiger charge is -2.15. The molecule has 0 aliphatic carbocycles. The number of allylic oxidation sites excluding steroid dienone is 2. The molecule has 0 atom stereocenters. The van der Waals surface area contributed by atoms with E-state index in [1.807, 2.05) is 6.07 Å². The zero-order chi connectivity index (χ0) is 14.3. The standard InChI is InChI=1S/C14H15NO4/c1-15(19-2)14(18)12(9-6-10-13(16)17)11-7-4-3-5-8-11/h3-10H,1-2H3,(H,16,17)/b10-6+,12-9-. The van der Waals surface area contributed by atoms with E-state index in [9.17, 15) is 9.59 Å². The van der Waals surface area contributed by atoms with Crippen molar-refractivity contribution in [1.29, 1.82) is 0 Å². The van der Waals surface area contributed by atoms with Gasteiger partial charge in [0, 0.05) is 18.7 Å². The molecule has 0 bridgehead atoms. The van der Waals surface area contributed by atoms with E-state index in [1.165, 1.54) is 26.3 Å². The summed E-state index contributed by atoms with van der Waals surface area (Å²) in [7, 11) is 2.87. The highest BCUT2D eigenvalue weighted by atomic mass is 16.7. The monoisotopic (exact) mass is 261 g/mol. The van der Waals surface area contributed by atoms with Gasteiger partial charge in [-0.3, -0.25) is 9.63 Å². The number of aliphatic carboxylic acids is 1. The first-order chi connectivity index (χ1) is 9.06. The van der Waals surface area contributed by atoms with Gasteiger partial charge in [-0.05, 0) is 11.6 Å². The van der Waals surface area contributed by atoms with Gasteiger partial charge < -0.3 is 5.11 Å². The molecule has 0 unspecified atom stereocenters. The number of carbonyl (C=O) groups excluding carboxylic acids is 1. The predicted octanol–water partition coefficient (Wildman–Crippen LogP) is 1.73. The molecule has 1 amide bonds. The SMILES string of the molecule is CON(C)C(=O)/C(=C\C=C\C(=O)O)c1ccccc1. The number of hydrogen-bond donors (Lipinski definition) is 1. The van der Waals surface area contributed by atoms with Crippen LogP contribution in [-0.4, -0.2) is 36.2 Å². The summed E-state index contributed by atoms with van der Waals surface area (Å²) in [6, 6.07) is 8.96. The van der Waals surface area contributed by atoms with Gasteiger partial charge in [-0.25, -0.2) is 9.86 Å². The molecule has 0 aliphatic heterocycles. The summed E-state index contributed by atoms with van der Waals surface area (Å²) in [5.41, 5.74) is 1.04. The van der Waals surface area contributed by atoms with Gasteiger partial charge in [-0.15, -0.1) is 0 Å². The van der Waals surface area contributed by atoms with Crippen LogP contribution in [0.1, 0.15) is 5.56 Å². The Labute approximate surface area is 111 Å². The summed E-state index contributed by atoms with van der Waals surface area (Å²) in [4.78, 5) is 27.4. The summed E-state index contributed by atoms with van der Waals surface area (Å²) >= 11 is 0. The third-order valence-corrected chi connectivity index (χ3v) is 2.38. The number of rotatable bonds is 5. The van der Waals surface area contributed by atoms with E-state index in [0.29, 0.717) is 11.1 Å². The zero-order valence-corrected chi connectivity index (χ0v) is 10.7. The van der Waals surface area contributed by atoms with E-state index in [-0.39, 0.29) is 5.91 Å². The molecule has 1 rings (SSSR count). The van der Waals surface area contributed by atoms with Crippen molar-refractivity contribution in [3.05, 3.63) is 54.1 Å². The second kappa shape index (κ2) is 7.13. The number of amides is 1. The second-order valence-corrected chi connectivity index (χ2v) is 3.63. The Morgan fingerprint density at radius 1 is 1.26 bits per heavy atom. The minimum absolute atomic E-state index is 0.349. The quantitative estimate of drug-likeness (QED) is 0.498. The molecule has 5 nitrogen and oxygen atoms in total. The molecule has 1 aromatic carbocycles. The normalized spacial score (nSPS) is 11.6. The molecular formula is C14H15NO4. The third-order valence-electron chi connectivity index (χ3n) is 2.38. The zero-order valence-electron chi connectivity index (χ0n) is 10.7. The topological polar surface area (TPSA) is 66.8 Å². The van der Waals surface area contributed by atoms with Crippen molar-refractivity contribution >= 4 is 17.4 Å². The van der Waals surface area contributed by atoms with Gasteiger partial charge in [0.05, 0.1) is 7.11 Å². The van der Waals surface area contributed by atoms with Crippen molar-refractivity contribution in [2.24, 2.45) is 0 Å². The van der Waals surface area contributed by atoms with Crippen LogP contribution in [0.25, 0.3) is 5.57 Å². The summed E-state index contributed by atoms with van der Waals surface area (Å²) in [5.74, 6) is -1.43. The van der Waals surface area contributed by atoms with Crippen LogP contribution in [0.5, 0.6) is 0 Å². The fraction of sp³-hybridized carbons (Fsp3) is 0.143. The molecule has 0 saturated carbocycles. The molecule has 0 spiro atoms. The summed E-state index contributed by atoms with van der Waals surface area (Å²) in [6.07, 6.45) is 3.72. The molecule has 0 fully saturated rings. The highest BCUT2D eigenvalue weighted by Crippen LogP contribution is 2.16. The molecule has 100 valence electrons. The van der Waals surface area contributed by atoms with Gasteiger partial charge >= 0.3 is 5.97 Å². The van der Waals surface area contributed by atoms with E-state index in [4.69, 9.17) is 9.94 Å². The van der Waals surface area contributed by atoms with E-state index < -0.39 is 5.97 Å². The molecule has 19 heavy (non-hydrogen) atoms. The smallest absolute Gasteiger partial charge is 0.328 e. The van der Waals surface area contributed by atoms with Crippen LogP contribution in [0.3, 0.4) is 0 Å². The van der Waals surface area contributed by atoms with Gasteiger partial charge in [0.2, 0.25) is 0 Å². The molecule has 0 radical (unpaired) electrons. The predicted molar refractivity (Wildman–Crippen MR) is 71.0 cm³/mol. The van der Waals surface area contributed by atoms with Crippen molar-refractivity contribution in [2.75, 3.05) is 14.2 Å². The molecular weight excluding hydrogens is 246 g/mol. The van der Waals surface area contributed by atoms with Crippen molar-refractivity contribution in [1.82, 2.24) is 5.06 Å². The number of carboxylic acid groups (broad SMARTS) is 1. The molecule has 0 aliphatic rings. The average Bonchev–Trinajstić information content (AvgIpc) is 2.42. The van der Waals surface area contributed by atoms with Crippen LogP contribution in [0.15, 0.2) is 48.6 Å². The van der Waals surface area contributed by atoms with Crippen LogP contribution in [0.2, 0.25) is 0 Å². The average molecular weight is 261 g/mol. The van der Waals surface area contributed by atoms with Gasteiger partial charge in [0.25, 0.3) is 5.91 Å². The molecule has 1 N–H and O–H groups in total. The second-order valence-electron chi connectivity index (χ2n) is 3.63. The van der Waals surface area contributed by atoms with E-state index in [1.54, 1.807) is 24.3 Å². The molecule has 0 saturated heterocycles. The first-order valence-corrected chi connectivity index (χ1v) is 5.55. The van der Waals surface area contributed by atoms with E-state index in [0.717, 1.165) is 11.1 Å². The fourth-order valence-electron chi connectivity index (χ4n) is 1.39. The Kier molecular flexibility index (Phi) is 5.50. The van der Waals surface area contributed by atoms with E-state index in [2.05, 4.69) is 0 Å². The number of carboxylic acids is 1. The Morgan fingerprint density at radius 2 is 1.89 bits per heavy atom. The minimum atomic E-state index is -1.07. The lowest BCUT2D eigenvalue weighted by atomic mass is 10.0. The van der Waals surface area contributed by atoms with Crippen LogP contribution >= 0.6 is 0 Å². The first kappa shape index (κ1) is 14.7. The van der Waals surface area contributed by atoms with Crippen LogP contribution in [0.4, 0.5) is 0 Å². The number of hydrogen-bond acceptors (Lipinski definition) is 3. The third kappa shape index (κ3) is 4.40. The minimum Gasteiger partial charge on any atom is -0.478 e. The maximum Gasteiger partial charge on any atom is 0.328 e. The van der Waals surface area contributed by atoms with Crippen LogP contribution in [-0.2, 0) is 14.4 Å². The van der Waals surface area contributed by atoms with Gasteiger partial charge in [-0.1, -0.05) is 36.4 Å². The summed E-state index contributed by atoms with van der Waals surface area (Å²) in [6.45, 7) is 0. The van der Waals surface area contributed by atoms with Crippen molar-refractivity contribution in [3.63, 3.8) is 0 Å². The Balaban J connectivity index is 3.12. The molecule has 5 heteroatoms. The number of benzene rings is 1. The Morgan fingerprint density at radius 3 is 2.42 bits per heavy atom. The molecule has 0 aromatic heterocycles. The molecule has 0 heterocycles. The van der Waals surface area contributed by atoms with Crippen LogP contribution < -0.4 is 0 Å². The fourth-order valence-corrected chi connectivity index (χ4v) is 1.39. The Hall–Kier alpha value is -2.40. The largest absolute Gasteiger partial charge is 0.478 e. The number of likely N-dealkylation sites (N-methyl/N-ethyl adjacent to an activating group) is 1. The lowest BCUT2D eigenvalue weighted by molar-refractivity contribution is -0.161. The van der Waals surface area contributed by atoms with Crippen molar-refractivity contribution < 1.29 is 19.5 Å². The van der Waals surface area contributed by atoms with Gasteiger partial charge in [0.15, 0.2) is 0 Å². The summed E-state index contributed by atoms with van der Waals surface area (Å²) in [5, 5.41) is 9.63. The Bertz CT molecular complexity index is 505. The lowest BCUT2D eigenvalue weighted by Crippen LogP contribution is -2.26. The highest BCUT2D eigenvalue weighted by molar-refractivity contribution is 6.19. The van der Waals surface area contributed by atoms with Crippen molar-refractivity contribution in [2.45, 2.75) is 0 Å².